The molecule has 1 aliphatic heterocycles. The van der Waals surface area contributed by atoms with E-state index in [0.717, 1.165) is 17.5 Å². The highest BCUT2D eigenvalue weighted by molar-refractivity contribution is 7.91. The minimum atomic E-state index is -3.12. The molecule has 1 amide bonds. The van der Waals surface area contributed by atoms with Crippen LogP contribution < -0.4 is 4.74 Å². The number of carbonyl (C=O) groups is 1. The van der Waals surface area contributed by atoms with E-state index in [0.29, 0.717) is 23.7 Å². The molecule has 2 atom stereocenters. The third-order valence-electron chi connectivity index (χ3n) is 5.51. The number of aryl methyl sites for hydroxylation is 2. The number of hydrogen-bond donors (Lipinski definition) is 0. The van der Waals surface area contributed by atoms with Gasteiger partial charge in [-0.2, -0.15) is 0 Å². The van der Waals surface area contributed by atoms with Crippen molar-refractivity contribution in [3.8, 4) is 5.75 Å². The summed E-state index contributed by atoms with van der Waals surface area (Å²) in [6, 6.07) is 13.0. The van der Waals surface area contributed by atoms with E-state index < -0.39 is 15.9 Å². The zero-order chi connectivity index (χ0) is 21.9. The minimum Gasteiger partial charge on any atom is -0.481 e. The summed E-state index contributed by atoms with van der Waals surface area (Å²) in [5, 5.41) is 0.634. The van der Waals surface area contributed by atoms with Crippen molar-refractivity contribution in [3.63, 3.8) is 0 Å². The zero-order valence-corrected chi connectivity index (χ0v) is 19.2. The van der Waals surface area contributed by atoms with Gasteiger partial charge in [-0.3, -0.25) is 4.79 Å². The molecule has 1 saturated heterocycles. The number of rotatable bonds is 7. The van der Waals surface area contributed by atoms with E-state index in [9.17, 15) is 13.2 Å². The average Bonchev–Trinajstić information content (AvgIpc) is 3.08. The highest BCUT2D eigenvalue weighted by atomic mass is 35.5. The maximum absolute atomic E-state index is 13.3. The Labute approximate surface area is 183 Å². The molecule has 1 heterocycles. The van der Waals surface area contributed by atoms with E-state index in [2.05, 4.69) is 6.92 Å². The lowest BCUT2D eigenvalue weighted by Crippen LogP contribution is -2.46. The summed E-state index contributed by atoms with van der Waals surface area (Å²) in [5.41, 5.74) is 3.05. The molecule has 162 valence electrons. The Hall–Kier alpha value is -2.05. The Kier molecular flexibility index (Phi) is 7.09. The molecule has 0 spiro atoms. The summed E-state index contributed by atoms with van der Waals surface area (Å²) in [7, 11) is -3.12. The molecular weight excluding hydrogens is 422 g/mol. The van der Waals surface area contributed by atoms with Crippen LogP contribution in [0.2, 0.25) is 5.02 Å². The minimum absolute atomic E-state index is 0.00143. The third kappa shape index (κ3) is 5.55. The second kappa shape index (κ2) is 9.40. The number of hydrogen-bond acceptors (Lipinski definition) is 4. The molecule has 0 radical (unpaired) electrons. The van der Waals surface area contributed by atoms with E-state index in [1.54, 1.807) is 30.0 Å². The van der Waals surface area contributed by atoms with Crippen molar-refractivity contribution >= 4 is 27.3 Å². The van der Waals surface area contributed by atoms with Crippen LogP contribution in [-0.4, -0.2) is 42.9 Å². The number of halogens is 1. The smallest absolute Gasteiger partial charge is 0.263 e. The fourth-order valence-electron chi connectivity index (χ4n) is 3.66. The normalized spacial score (nSPS) is 18.7. The van der Waals surface area contributed by atoms with Gasteiger partial charge in [-0.15, -0.1) is 0 Å². The molecule has 0 saturated carbocycles. The molecule has 7 heteroatoms. The van der Waals surface area contributed by atoms with Gasteiger partial charge in [-0.25, -0.2) is 8.42 Å². The molecule has 3 rings (SSSR count). The lowest BCUT2D eigenvalue weighted by atomic mass is 10.1. The predicted octanol–water partition coefficient (Wildman–Crippen LogP) is 4.19. The number of carbonyl (C=O) groups excluding carboxylic acids is 1. The Morgan fingerprint density at radius 1 is 1.20 bits per heavy atom. The maximum Gasteiger partial charge on any atom is 0.263 e. The van der Waals surface area contributed by atoms with Crippen molar-refractivity contribution in [2.45, 2.75) is 52.3 Å². The summed E-state index contributed by atoms with van der Waals surface area (Å²) >= 11 is 6.07. The van der Waals surface area contributed by atoms with Crippen molar-refractivity contribution in [1.82, 2.24) is 4.90 Å². The summed E-state index contributed by atoms with van der Waals surface area (Å²) in [6.45, 7) is 6.02. The lowest BCUT2D eigenvalue weighted by molar-refractivity contribution is -0.140. The largest absolute Gasteiger partial charge is 0.481 e. The van der Waals surface area contributed by atoms with Crippen molar-refractivity contribution < 1.29 is 17.9 Å². The standard InChI is InChI=1S/C23H28ClNO4S/c1-4-18-5-7-19(8-6-18)14-25(20-11-12-30(27,28)15-20)23(26)17(3)29-21-9-10-22(24)16(2)13-21/h5-10,13,17,20H,4,11-12,14-15H2,1-3H3/t17-,20-/m0/s1. The van der Waals surface area contributed by atoms with E-state index in [-0.39, 0.29) is 23.5 Å². The van der Waals surface area contributed by atoms with Crippen molar-refractivity contribution in [1.29, 1.82) is 0 Å². The Morgan fingerprint density at radius 3 is 2.43 bits per heavy atom. The fraction of sp³-hybridized carbons (Fsp3) is 0.435. The first-order valence-corrected chi connectivity index (χ1v) is 12.4. The van der Waals surface area contributed by atoms with Gasteiger partial charge in [0, 0.05) is 17.6 Å². The maximum atomic E-state index is 13.3. The van der Waals surface area contributed by atoms with Crippen molar-refractivity contribution in [2.24, 2.45) is 0 Å². The van der Waals surface area contributed by atoms with Crippen LogP contribution in [0.1, 0.15) is 37.0 Å². The topological polar surface area (TPSA) is 63.7 Å². The first-order chi connectivity index (χ1) is 14.2. The first kappa shape index (κ1) is 22.6. The highest BCUT2D eigenvalue weighted by Crippen LogP contribution is 2.25. The molecule has 30 heavy (non-hydrogen) atoms. The predicted molar refractivity (Wildman–Crippen MR) is 120 cm³/mol. The van der Waals surface area contributed by atoms with Crippen molar-refractivity contribution in [2.75, 3.05) is 11.5 Å². The van der Waals surface area contributed by atoms with E-state index in [1.165, 1.54) is 5.56 Å². The highest BCUT2D eigenvalue weighted by Gasteiger charge is 2.36. The van der Waals surface area contributed by atoms with Crippen LogP contribution in [0.3, 0.4) is 0 Å². The fourth-order valence-corrected chi connectivity index (χ4v) is 5.51. The second-order valence-electron chi connectivity index (χ2n) is 7.86. The molecule has 2 aromatic carbocycles. The number of amides is 1. The van der Waals surface area contributed by atoms with Gasteiger partial charge in [-0.1, -0.05) is 42.8 Å². The van der Waals surface area contributed by atoms with Gasteiger partial charge in [0.1, 0.15) is 5.75 Å². The summed E-state index contributed by atoms with van der Waals surface area (Å²) in [4.78, 5) is 15.0. The third-order valence-corrected chi connectivity index (χ3v) is 7.68. The monoisotopic (exact) mass is 449 g/mol. The van der Waals surface area contributed by atoms with Gasteiger partial charge in [0.25, 0.3) is 5.91 Å². The second-order valence-corrected chi connectivity index (χ2v) is 10.5. The molecule has 1 aliphatic rings. The Bertz CT molecular complexity index is 1000. The van der Waals surface area contributed by atoms with Crippen LogP contribution >= 0.6 is 11.6 Å². The summed E-state index contributed by atoms with van der Waals surface area (Å²) in [5.74, 6) is 0.453. The van der Waals surface area contributed by atoms with E-state index in [1.807, 2.05) is 31.2 Å². The van der Waals surface area contributed by atoms with Crippen LogP contribution in [0.25, 0.3) is 0 Å². The molecule has 0 N–H and O–H groups in total. The molecule has 0 unspecified atom stereocenters. The summed E-state index contributed by atoms with van der Waals surface area (Å²) < 4.78 is 30.0. The van der Waals surface area contributed by atoms with Gasteiger partial charge in [0.05, 0.1) is 11.5 Å². The van der Waals surface area contributed by atoms with E-state index >= 15 is 0 Å². The van der Waals surface area contributed by atoms with Crippen LogP contribution in [0, 0.1) is 6.92 Å². The van der Waals surface area contributed by atoms with Gasteiger partial charge in [-0.05, 0) is 61.6 Å². The Balaban J connectivity index is 1.80. The van der Waals surface area contributed by atoms with Crippen LogP contribution in [0.15, 0.2) is 42.5 Å². The van der Waals surface area contributed by atoms with Gasteiger partial charge >= 0.3 is 0 Å². The number of nitrogens with zero attached hydrogens (tertiary/aromatic N) is 1. The van der Waals surface area contributed by atoms with Gasteiger partial charge < -0.3 is 9.64 Å². The van der Waals surface area contributed by atoms with Crippen LogP contribution in [0.4, 0.5) is 0 Å². The van der Waals surface area contributed by atoms with E-state index in [4.69, 9.17) is 16.3 Å². The SMILES string of the molecule is CCc1ccc(CN(C(=O)[C@H](C)Oc2ccc(Cl)c(C)c2)[C@H]2CCS(=O)(=O)C2)cc1. The number of ether oxygens (including phenoxy) is 1. The summed E-state index contributed by atoms with van der Waals surface area (Å²) in [6.07, 6.45) is 0.645. The molecule has 0 aliphatic carbocycles. The zero-order valence-electron chi connectivity index (χ0n) is 17.6. The quantitative estimate of drug-likeness (QED) is 0.635. The number of benzene rings is 2. The molecule has 5 nitrogen and oxygen atoms in total. The Morgan fingerprint density at radius 2 is 1.87 bits per heavy atom. The molecular formula is C23H28ClNO4S. The van der Waals surface area contributed by atoms with Crippen LogP contribution in [-0.2, 0) is 27.6 Å². The van der Waals surface area contributed by atoms with Gasteiger partial charge in [0.15, 0.2) is 15.9 Å². The average molecular weight is 450 g/mol. The van der Waals surface area contributed by atoms with Crippen LogP contribution in [0.5, 0.6) is 5.75 Å². The molecule has 2 aromatic rings. The van der Waals surface area contributed by atoms with Crippen molar-refractivity contribution in [3.05, 3.63) is 64.2 Å². The number of sulfone groups is 1. The molecule has 0 aromatic heterocycles. The van der Waals surface area contributed by atoms with Gasteiger partial charge in [0.2, 0.25) is 0 Å². The molecule has 0 bridgehead atoms. The lowest BCUT2D eigenvalue weighted by Gasteiger charge is -2.31. The molecule has 1 fully saturated rings. The first-order valence-electron chi connectivity index (χ1n) is 10.2.